The molecular weight excluding hydrogens is 407 g/mol. The summed E-state index contributed by atoms with van der Waals surface area (Å²) in [6.45, 7) is 4.28. The monoisotopic (exact) mass is 426 g/mol. The number of hydrogen-bond acceptors (Lipinski definition) is 3. The number of amides is 2. The van der Waals surface area contributed by atoms with Crippen molar-refractivity contribution >= 4 is 35.2 Å². The highest BCUT2D eigenvalue weighted by atomic mass is 35.5. The summed E-state index contributed by atoms with van der Waals surface area (Å²) in [5, 5.41) is 7.78. The number of carbonyl (C=O) groups is 2. The Labute approximate surface area is 178 Å². The smallest absolute Gasteiger partial charge is 0.251 e. The molecule has 30 heavy (non-hydrogen) atoms. The minimum absolute atomic E-state index is 0.266. The van der Waals surface area contributed by atoms with Gasteiger partial charge in [0.1, 0.15) is 5.82 Å². The highest BCUT2D eigenvalue weighted by Gasteiger charge is 2.12. The zero-order valence-corrected chi connectivity index (χ0v) is 17.2. The third kappa shape index (κ3) is 4.75. The fraction of sp³-hybridized carbons (Fsp3) is 0.136. The van der Waals surface area contributed by atoms with Crippen LogP contribution in [0.25, 0.3) is 6.08 Å². The molecule has 0 fully saturated rings. The number of aryl methyl sites for hydroxylation is 1. The molecule has 0 saturated heterocycles. The van der Waals surface area contributed by atoms with E-state index in [2.05, 4.69) is 10.4 Å². The van der Waals surface area contributed by atoms with Crippen LogP contribution in [-0.2, 0) is 11.3 Å². The number of aromatic nitrogens is 2. The summed E-state index contributed by atoms with van der Waals surface area (Å²) in [7, 11) is 0. The largest absolute Gasteiger partial charge is 0.366 e. The summed E-state index contributed by atoms with van der Waals surface area (Å²) in [5.74, 6) is -2.08. The molecule has 154 valence electrons. The second-order valence-corrected chi connectivity index (χ2v) is 7.12. The number of carbonyl (C=O) groups excluding carboxylic acids is 2. The van der Waals surface area contributed by atoms with Crippen molar-refractivity contribution in [3.8, 4) is 0 Å². The standard InChI is InChI=1S/C22H20ClFN4O2/c1-13-17(14(2)28(27-13)12-15-5-3-4-6-19(15)23)8-10-21(29)26-16-7-9-20(24)18(11-16)22(25)30/h3-11H,12H2,1-2H3,(H2,25,30)(H,26,29)/b10-8+. The molecule has 0 aliphatic rings. The third-order valence-corrected chi connectivity index (χ3v) is 4.98. The van der Waals surface area contributed by atoms with Crippen molar-refractivity contribution < 1.29 is 14.0 Å². The van der Waals surface area contributed by atoms with Gasteiger partial charge in [-0.3, -0.25) is 14.3 Å². The molecule has 2 aromatic carbocycles. The maximum Gasteiger partial charge on any atom is 0.251 e. The van der Waals surface area contributed by atoms with Crippen molar-refractivity contribution in [1.82, 2.24) is 9.78 Å². The summed E-state index contributed by atoms with van der Waals surface area (Å²) < 4.78 is 15.4. The Morgan fingerprint density at radius 1 is 1.23 bits per heavy atom. The summed E-state index contributed by atoms with van der Waals surface area (Å²) in [5.41, 5.74) is 8.51. The topological polar surface area (TPSA) is 90.0 Å². The van der Waals surface area contributed by atoms with Gasteiger partial charge < -0.3 is 11.1 Å². The van der Waals surface area contributed by atoms with Crippen LogP contribution in [0.3, 0.4) is 0 Å². The number of halogens is 2. The van der Waals surface area contributed by atoms with E-state index in [0.29, 0.717) is 11.6 Å². The lowest BCUT2D eigenvalue weighted by atomic mass is 10.1. The van der Waals surface area contributed by atoms with E-state index in [0.717, 1.165) is 28.6 Å². The zero-order chi connectivity index (χ0) is 21.8. The van der Waals surface area contributed by atoms with Crippen LogP contribution in [0.15, 0.2) is 48.5 Å². The van der Waals surface area contributed by atoms with E-state index < -0.39 is 17.6 Å². The van der Waals surface area contributed by atoms with Gasteiger partial charge in [-0.25, -0.2) is 4.39 Å². The van der Waals surface area contributed by atoms with E-state index in [9.17, 15) is 14.0 Å². The van der Waals surface area contributed by atoms with Crippen LogP contribution >= 0.6 is 11.6 Å². The Balaban J connectivity index is 1.75. The lowest BCUT2D eigenvalue weighted by Crippen LogP contribution is -2.14. The fourth-order valence-electron chi connectivity index (χ4n) is 3.03. The predicted octanol–water partition coefficient (Wildman–Crippen LogP) is 4.09. The third-order valence-electron chi connectivity index (χ3n) is 4.62. The Bertz CT molecular complexity index is 1150. The average molecular weight is 427 g/mol. The first-order valence-corrected chi connectivity index (χ1v) is 9.50. The zero-order valence-electron chi connectivity index (χ0n) is 16.4. The van der Waals surface area contributed by atoms with Crippen molar-refractivity contribution in [1.29, 1.82) is 0 Å². The summed E-state index contributed by atoms with van der Waals surface area (Å²) in [6.07, 6.45) is 3.01. The van der Waals surface area contributed by atoms with Gasteiger partial charge in [0.15, 0.2) is 0 Å². The van der Waals surface area contributed by atoms with E-state index in [1.165, 1.54) is 18.2 Å². The van der Waals surface area contributed by atoms with E-state index in [1.807, 2.05) is 42.8 Å². The maximum absolute atomic E-state index is 13.6. The Morgan fingerprint density at radius 3 is 2.67 bits per heavy atom. The summed E-state index contributed by atoms with van der Waals surface area (Å²) >= 11 is 6.23. The van der Waals surface area contributed by atoms with Crippen molar-refractivity contribution in [2.45, 2.75) is 20.4 Å². The van der Waals surface area contributed by atoms with Gasteiger partial charge in [0.05, 0.1) is 17.8 Å². The molecule has 1 heterocycles. The number of hydrogen-bond donors (Lipinski definition) is 2. The molecule has 3 aromatic rings. The number of nitrogens with two attached hydrogens (primary N) is 1. The molecule has 0 atom stereocenters. The molecular formula is C22H20ClFN4O2. The molecule has 3 rings (SSSR count). The van der Waals surface area contributed by atoms with Crippen LogP contribution < -0.4 is 11.1 Å². The van der Waals surface area contributed by atoms with Crippen LogP contribution in [0.2, 0.25) is 5.02 Å². The number of rotatable bonds is 6. The van der Waals surface area contributed by atoms with E-state index >= 15 is 0 Å². The normalized spacial score (nSPS) is 11.1. The van der Waals surface area contributed by atoms with Crippen LogP contribution in [-0.4, -0.2) is 21.6 Å². The highest BCUT2D eigenvalue weighted by Crippen LogP contribution is 2.20. The van der Waals surface area contributed by atoms with Crippen molar-refractivity contribution in [3.05, 3.63) is 87.5 Å². The molecule has 0 aliphatic heterocycles. The molecule has 0 spiro atoms. The number of benzene rings is 2. The van der Waals surface area contributed by atoms with Gasteiger partial charge in [0, 0.05) is 28.0 Å². The predicted molar refractivity (Wildman–Crippen MR) is 115 cm³/mol. The lowest BCUT2D eigenvalue weighted by Gasteiger charge is -2.07. The quantitative estimate of drug-likeness (QED) is 0.581. The number of nitrogens with zero attached hydrogens (tertiary/aromatic N) is 2. The number of nitrogens with one attached hydrogen (secondary N) is 1. The molecule has 3 N–H and O–H groups in total. The van der Waals surface area contributed by atoms with Gasteiger partial charge >= 0.3 is 0 Å². The first-order valence-electron chi connectivity index (χ1n) is 9.12. The van der Waals surface area contributed by atoms with Crippen molar-refractivity contribution in [2.75, 3.05) is 5.32 Å². The first-order chi connectivity index (χ1) is 14.3. The number of primary amides is 1. The van der Waals surface area contributed by atoms with E-state index in [4.69, 9.17) is 17.3 Å². The van der Waals surface area contributed by atoms with Gasteiger partial charge in [-0.2, -0.15) is 5.10 Å². The number of anilines is 1. The minimum Gasteiger partial charge on any atom is -0.366 e. The maximum atomic E-state index is 13.6. The van der Waals surface area contributed by atoms with Crippen molar-refractivity contribution in [3.63, 3.8) is 0 Å². The summed E-state index contributed by atoms with van der Waals surface area (Å²) in [6, 6.07) is 11.2. The minimum atomic E-state index is -0.906. The SMILES string of the molecule is Cc1nn(Cc2ccccc2Cl)c(C)c1/C=C/C(=O)Nc1ccc(F)c(C(N)=O)c1. The van der Waals surface area contributed by atoms with E-state index in [-0.39, 0.29) is 11.3 Å². The molecule has 1 aromatic heterocycles. The van der Waals surface area contributed by atoms with Gasteiger partial charge in [0.2, 0.25) is 5.91 Å². The molecule has 0 unspecified atom stereocenters. The molecule has 0 radical (unpaired) electrons. The second-order valence-electron chi connectivity index (χ2n) is 6.72. The van der Waals surface area contributed by atoms with Gasteiger partial charge in [0.25, 0.3) is 5.91 Å². The molecule has 6 nitrogen and oxygen atoms in total. The van der Waals surface area contributed by atoms with Crippen LogP contribution in [0.4, 0.5) is 10.1 Å². The highest BCUT2D eigenvalue weighted by molar-refractivity contribution is 6.31. The van der Waals surface area contributed by atoms with E-state index in [1.54, 1.807) is 6.08 Å². The Hall–Kier alpha value is -3.45. The molecule has 0 aliphatic carbocycles. The Morgan fingerprint density at radius 2 is 1.97 bits per heavy atom. The first kappa shape index (κ1) is 21.3. The van der Waals surface area contributed by atoms with Gasteiger partial charge in [-0.1, -0.05) is 29.8 Å². The summed E-state index contributed by atoms with van der Waals surface area (Å²) in [4.78, 5) is 23.5. The fourth-order valence-corrected chi connectivity index (χ4v) is 3.22. The van der Waals surface area contributed by atoms with Crippen LogP contribution in [0.5, 0.6) is 0 Å². The lowest BCUT2D eigenvalue weighted by molar-refractivity contribution is -0.111. The van der Waals surface area contributed by atoms with Crippen LogP contribution in [0.1, 0.15) is 32.9 Å². The van der Waals surface area contributed by atoms with Crippen LogP contribution in [0, 0.1) is 19.7 Å². The molecule has 0 saturated carbocycles. The average Bonchev–Trinajstić information content (AvgIpc) is 2.96. The molecule has 0 bridgehead atoms. The Kier molecular flexibility index (Phi) is 6.32. The van der Waals surface area contributed by atoms with Gasteiger partial charge in [-0.15, -0.1) is 0 Å². The molecule has 2 amide bonds. The second kappa shape index (κ2) is 8.92. The van der Waals surface area contributed by atoms with Gasteiger partial charge in [-0.05, 0) is 49.8 Å². The molecule has 8 heteroatoms. The van der Waals surface area contributed by atoms with Crippen molar-refractivity contribution in [2.24, 2.45) is 5.73 Å².